The number of aromatic nitrogens is 2. The minimum atomic E-state index is -3.80. The van der Waals surface area contributed by atoms with Crippen molar-refractivity contribution in [2.45, 2.75) is 18.7 Å². The third kappa shape index (κ3) is 2.59. The number of sulfonamides is 1. The molecule has 0 spiro atoms. The zero-order valence-corrected chi connectivity index (χ0v) is 12.6. The summed E-state index contributed by atoms with van der Waals surface area (Å²) in [6, 6.07) is 4.71. The summed E-state index contributed by atoms with van der Waals surface area (Å²) in [6.45, 7) is 3.22. The third-order valence-electron chi connectivity index (χ3n) is 2.56. The van der Waals surface area contributed by atoms with E-state index in [1.165, 1.54) is 6.07 Å². The third-order valence-corrected chi connectivity index (χ3v) is 4.83. The molecule has 0 radical (unpaired) electrons. The molecular formula is C11H12BrN3O3S. The van der Waals surface area contributed by atoms with Gasteiger partial charge in [-0.15, -0.1) is 0 Å². The Labute approximate surface area is 119 Å². The molecule has 2 aromatic rings. The Morgan fingerprint density at radius 3 is 2.63 bits per heavy atom. The first kappa shape index (κ1) is 13.9. The molecule has 102 valence electrons. The predicted octanol–water partition coefficient (Wildman–Crippen LogP) is 2.30. The molecule has 6 nitrogen and oxygen atoms in total. The Morgan fingerprint density at radius 1 is 1.37 bits per heavy atom. The predicted molar refractivity (Wildman–Crippen MR) is 74.7 cm³/mol. The topological polar surface area (TPSA) is 95.1 Å². The van der Waals surface area contributed by atoms with E-state index >= 15 is 0 Å². The van der Waals surface area contributed by atoms with E-state index in [0.717, 1.165) is 0 Å². The molecule has 0 aliphatic carbocycles. The molecule has 1 aromatic heterocycles. The summed E-state index contributed by atoms with van der Waals surface area (Å²) >= 11 is 3.13. The number of anilines is 1. The van der Waals surface area contributed by atoms with Crippen LogP contribution in [0.1, 0.15) is 11.4 Å². The number of aromatic hydroxyl groups is 1. The summed E-state index contributed by atoms with van der Waals surface area (Å²) in [5.74, 6) is -0.162. The maximum absolute atomic E-state index is 12.3. The maximum atomic E-state index is 12.3. The molecule has 0 bridgehead atoms. The van der Waals surface area contributed by atoms with Crippen molar-refractivity contribution >= 4 is 31.6 Å². The van der Waals surface area contributed by atoms with Crippen molar-refractivity contribution in [3.63, 3.8) is 0 Å². The lowest BCUT2D eigenvalue weighted by molar-refractivity contribution is 0.474. The lowest BCUT2D eigenvalue weighted by Crippen LogP contribution is -2.14. The number of H-pyrrole nitrogens is 1. The van der Waals surface area contributed by atoms with Crippen LogP contribution in [0, 0.1) is 13.8 Å². The average molecular weight is 346 g/mol. The summed E-state index contributed by atoms with van der Waals surface area (Å²) in [6.07, 6.45) is 0. The van der Waals surface area contributed by atoms with Crippen molar-refractivity contribution in [3.8, 4) is 5.75 Å². The number of para-hydroxylation sites is 1. The van der Waals surface area contributed by atoms with Crippen LogP contribution in [-0.2, 0) is 10.0 Å². The number of nitrogens with one attached hydrogen (secondary N) is 2. The van der Waals surface area contributed by atoms with Gasteiger partial charge in [0.05, 0.1) is 21.5 Å². The number of hydrogen-bond acceptors (Lipinski definition) is 4. The molecule has 0 saturated heterocycles. The highest BCUT2D eigenvalue weighted by molar-refractivity contribution is 9.10. The first-order chi connectivity index (χ1) is 8.83. The number of aryl methyl sites for hydroxylation is 2. The van der Waals surface area contributed by atoms with Crippen molar-refractivity contribution in [2.75, 3.05) is 4.72 Å². The summed E-state index contributed by atoms with van der Waals surface area (Å²) in [4.78, 5) is 0.0897. The van der Waals surface area contributed by atoms with Crippen molar-refractivity contribution in [2.24, 2.45) is 0 Å². The fourth-order valence-electron chi connectivity index (χ4n) is 1.73. The van der Waals surface area contributed by atoms with E-state index < -0.39 is 10.0 Å². The van der Waals surface area contributed by atoms with Gasteiger partial charge in [-0.05, 0) is 41.9 Å². The Kier molecular flexibility index (Phi) is 3.55. The molecule has 0 fully saturated rings. The largest absolute Gasteiger partial charge is 0.505 e. The highest BCUT2D eigenvalue weighted by Gasteiger charge is 2.23. The molecule has 0 aliphatic heterocycles. The van der Waals surface area contributed by atoms with Crippen LogP contribution in [0.25, 0.3) is 0 Å². The highest BCUT2D eigenvalue weighted by atomic mass is 79.9. The van der Waals surface area contributed by atoms with Crippen LogP contribution >= 0.6 is 15.9 Å². The normalized spacial score (nSPS) is 11.5. The molecule has 3 N–H and O–H groups in total. The summed E-state index contributed by atoms with van der Waals surface area (Å²) in [5.41, 5.74) is 0.924. The van der Waals surface area contributed by atoms with Gasteiger partial charge < -0.3 is 5.11 Å². The lowest BCUT2D eigenvalue weighted by Gasteiger charge is -2.10. The van der Waals surface area contributed by atoms with Crippen LogP contribution in [0.5, 0.6) is 5.75 Å². The summed E-state index contributed by atoms with van der Waals surface area (Å²) in [5, 5.41) is 16.3. The van der Waals surface area contributed by atoms with Gasteiger partial charge in [-0.1, -0.05) is 6.07 Å². The van der Waals surface area contributed by atoms with E-state index in [4.69, 9.17) is 0 Å². The fraction of sp³-hybridized carbons (Fsp3) is 0.182. The number of benzene rings is 1. The van der Waals surface area contributed by atoms with Crippen LogP contribution in [-0.4, -0.2) is 23.7 Å². The minimum Gasteiger partial charge on any atom is -0.505 e. The molecule has 0 atom stereocenters. The second-order valence-corrected chi connectivity index (χ2v) is 6.48. The Hall–Kier alpha value is -1.54. The molecule has 0 aliphatic rings. The van der Waals surface area contributed by atoms with Crippen molar-refractivity contribution in [1.29, 1.82) is 0 Å². The lowest BCUT2D eigenvalue weighted by atomic mass is 10.3. The highest BCUT2D eigenvalue weighted by Crippen LogP contribution is 2.33. The van der Waals surface area contributed by atoms with Crippen molar-refractivity contribution in [1.82, 2.24) is 10.2 Å². The van der Waals surface area contributed by atoms with E-state index in [-0.39, 0.29) is 16.3 Å². The summed E-state index contributed by atoms with van der Waals surface area (Å²) < 4.78 is 27.3. The van der Waals surface area contributed by atoms with Crippen LogP contribution in [0.15, 0.2) is 27.6 Å². The van der Waals surface area contributed by atoms with E-state index in [1.54, 1.807) is 26.0 Å². The standard InChI is InChI=1S/C11H12BrN3O3S/c1-6-11(7(2)14-13-6)19(17,18)15-9-5-3-4-8(12)10(9)16/h3-5,15-16H,1-2H3,(H,13,14). The number of aromatic amines is 1. The van der Waals surface area contributed by atoms with Gasteiger partial charge in [-0.3, -0.25) is 9.82 Å². The number of halogens is 1. The molecule has 1 heterocycles. The molecule has 0 unspecified atom stereocenters. The fourth-order valence-corrected chi connectivity index (χ4v) is 3.54. The monoisotopic (exact) mass is 345 g/mol. The zero-order chi connectivity index (χ0) is 14.2. The van der Waals surface area contributed by atoms with Gasteiger partial charge >= 0.3 is 0 Å². The van der Waals surface area contributed by atoms with Crippen LogP contribution in [0.3, 0.4) is 0 Å². The van der Waals surface area contributed by atoms with E-state index in [0.29, 0.717) is 15.9 Å². The van der Waals surface area contributed by atoms with Gasteiger partial charge in [0.15, 0.2) is 5.75 Å². The molecule has 19 heavy (non-hydrogen) atoms. The summed E-state index contributed by atoms with van der Waals surface area (Å²) in [7, 11) is -3.80. The molecule has 0 amide bonds. The SMILES string of the molecule is Cc1n[nH]c(C)c1S(=O)(=O)Nc1cccc(Br)c1O. The van der Waals surface area contributed by atoms with Gasteiger partial charge in [-0.25, -0.2) is 8.42 Å². The quantitative estimate of drug-likeness (QED) is 0.743. The number of phenolic OH excluding ortho intramolecular Hbond substituents is 1. The molecular weight excluding hydrogens is 334 g/mol. The van der Waals surface area contributed by atoms with Gasteiger partial charge in [0.2, 0.25) is 0 Å². The first-order valence-corrected chi connectivity index (χ1v) is 7.62. The maximum Gasteiger partial charge on any atom is 0.265 e. The second-order valence-electron chi connectivity index (χ2n) is 4.00. The van der Waals surface area contributed by atoms with E-state index in [2.05, 4.69) is 30.8 Å². The molecule has 0 saturated carbocycles. The Balaban J connectivity index is 2.46. The van der Waals surface area contributed by atoms with E-state index in [1.807, 2.05) is 0 Å². The van der Waals surface area contributed by atoms with Crippen LogP contribution in [0.4, 0.5) is 5.69 Å². The first-order valence-electron chi connectivity index (χ1n) is 5.35. The number of rotatable bonds is 3. The Bertz CT molecular complexity index is 705. The molecule has 1 aromatic carbocycles. The second kappa shape index (κ2) is 4.86. The number of nitrogens with zero attached hydrogens (tertiary/aromatic N) is 1. The van der Waals surface area contributed by atoms with Gasteiger partial charge in [0.1, 0.15) is 4.90 Å². The van der Waals surface area contributed by atoms with Gasteiger partial charge in [0, 0.05) is 0 Å². The molecule has 2 rings (SSSR count). The van der Waals surface area contributed by atoms with Crippen molar-refractivity contribution in [3.05, 3.63) is 34.1 Å². The van der Waals surface area contributed by atoms with Crippen molar-refractivity contribution < 1.29 is 13.5 Å². The Morgan fingerprint density at radius 2 is 2.05 bits per heavy atom. The van der Waals surface area contributed by atoms with Crippen LogP contribution in [0.2, 0.25) is 0 Å². The number of phenols is 1. The average Bonchev–Trinajstić information content (AvgIpc) is 2.65. The minimum absolute atomic E-state index is 0.0897. The number of hydrogen-bond donors (Lipinski definition) is 3. The van der Waals surface area contributed by atoms with Gasteiger partial charge in [0.25, 0.3) is 10.0 Å². The smallest absolute Gasteiger partial charge is 0.265 e. The van der Waals surface area contributed by atoms with Crippen LogP contribution < -0.4 is 4.72 Å². The molecule has 8 heteroatoms. The van der Waals surface area contributed by atoms with Gasteiger partial charge in [-0.2, -0.15) is 5.10 Å². The zero-order valence-electron chi connectivity index (χ0n) is 10.2. The van der Waals surface area contributed by atoms with E-state index in [9.17, 15) is 13.5 Å².